The summed E-state index contributed by atoms with van der Waals surface area (Å²) in [6.07, 6.45) is 1.50. The van der Waals surface area contributed by atoms with Crippen LogP contribution in [0.5, 0.6) is 0 Å². The Morgan fingerprint density at radius 1 is 1.47 bits per heavy atom. The van der Waals surface area contributed by atoms with Gasteiger partial charge in [0.15, 0.2) is 0 Å². The molecule has 1 saturated heterocycles. The number of carbonyl (C=O) groups is 1. The summed E-state index contributed by atoms with van der Waals surface area (Å²) in [5.74, 6) is 0.0755. The third kappa shape index (κ3) is 4.62. The van der Waals surface area contributed by atoms with E-state index >= 15 is 0 Å². The Morgan fingerprint density at radius 3 is 2.47 bits per heavy atom. The van der Waals surface area contributed by atoms with E-state index in [1.54, 1.807) is 0 Å². The van der Waals surface area contributed by atoms with Crippen LogP contribution in [0.4, 0.5) is 0 Å². The van der Waals surface area contributed by atoms with Crippen molar-refractivity contribution in [1.82, 2.24) is 10.2 Å². The van der Waals surface area contributed by atoms with Crippen molar-refractivity contribution in [3.8, 4) is 0 Å². The van der Waals surface area contributed by atoms with Gasteiger partial charge in [-0.15, -0.1) is 0 Å². The van der Waals surface area contributed by atoms with Crippen LogP contribution in [-0.4, -0.2) is 47.2 Å². The first-order chi connectivity index (χ1) is 6.89. The third-order valence-corrected chi connectivity index (χ3v) is 2.75. The molecule has 0 aromatic rings. The average Bonchev–Trinajstić information content (AvgIpc) is 2.07. The Bertz CT molecular complexity index is 217. The number of nitrogens with zero attached hydrogens (tertiary/aromatic N) is 1. The van der Waals surface area contributed by atoms with E-state index in [-0.39, 0.29) is 11.9 Å². The van der Waals surface area contributed by atoms with Crippen molar-refractivity contribution >= 4 is 5.91 Å². The van der Waals surface area contributed by atoms with E-state index in [9.17, 15) is 9.90 Å². The summed E-state index contributed by atoms with van der Waals surface area (Å²) in [6.45, 7) is 7.83. The number of likely N-dealkylation sites (tertiary alicyclic amines) is 1. The largest absolute Gasteiger partial charge is 0.390 e. The highest BCUT2D eigenvalue weighted by Crippen LogP contribution is 2.20. The molecule has 15 heavy (non-hydrogen) atoms. The van der Waals surface area contributed by atoms with Crippen LogP contribution < -0.4 is 5.32 Å². The van der Waals surface area contributed by atoms with E-state index < -0.39 is 5.60 Å². The minimum Gasteiger partial charge on any atom is -0.390 e. The molecule has 2 N–H and O–H groups in total. The quantitative estimate of drug-likeness (QED) is 0.713. The molecule has 0 bridgehead atoms. The lowest BCUT2D eigenvalue weighted by molar-refractivity contribution is -0.123. The zero-order valence-electron chi connectivity index (χ0n) is 9.92. The highest BCUT2D eigenvalue weighted by atomic mass is 16.3. The summed E-state index contributed by atoms with van der Waals surface area (Å²) < 4.78 is 0. The maximum atomic E-state index is 11.5. The molecule has 0 aromatic carbocycles. The second-order valence-corrected chi connectivity index (χ2v) is 5.00. The van der Waals surface area contributed by atoms with Crippen LogP contribution in [0.1, 0.15) is 33.6 Å². The molecular weight excluding hydrogens is 192 g/mol. The zero-order chi connectivity index (χ0) is 11.5. The van der Waals surface area contributed by atoms with Gasteiger partial charge in [0.1, 0.15) is 0 Å². The van der Waals surface area contributed by atoms with E-state index in [0.717, 1.165) is 25.9 Å². The molecule has 0 saturated carbocycles. The van der Waals surface area contributed by atoms with Gasteiger partial charge in [-0.05, 0) is 33.6 Å². The van der Waals surface area contributed by atoms with Crippen LogP contribution in [0.3, 0.4) is 0 Å². The number of hydrogen-bond donors (Lipinski definition) is 2. The van der Waals surface area contributed by atoms with Gasteiger partial charge in [0.25, 0.3) is 0 Å². The number of rotatable bonds is 3. The van der Waals surface area contributed by atoms with Crippen LogP contribution in [0.2, 0.25) is 0 Å². The molecule has 1 heterocycles. The molecule has 1 aliphatic rings. The van der Waals surface area contributed by atoms with Gasteiger partial charge in [0, 0.05) is 19.1 Å². The van der Waals surface area contributed by atoms with Gasteiger partial charge in [0.2, 0.25) is 5.91 Å². The predicted octanol–water partition coefficient (Wildman–Crippen LogP) is 0.358. The molecule has 0 aromatic heterocycles. The predicted molar refractivity (Wildman–Crippen MR) is 59.6 cm³/mol. The second-order valence-electron chi connectivity index (χ2n) is 5.00. The van der Waals surface area contributed by atoms with Gasteiger partial charge in [-0.25, -0.2) is 0 Å². The molecule has 4 heteroatoms. The summed E-state index contributed by atoms with van der Waals surface area (Å²) in [6, 6.07) is 0.199. The van der Waals surface area contributed by atoms with Gasteiger partial charge in [-0.2, -0.15) is 0 Å². The highest BCUT2D eigenvalue weighted by molar-refractivity contribution is 5.78. The standard InChI is InChI=1S/C11H22N2O2/c1-9(2)12-10(14)8-13-6-4-11(3,15)5-7-13/h9,15H,4-8H2,1-3H3,(H,12,14). The van der Waals surface area contributed by atoms with E-state index in [0.29, 0.717) is 6.54 Å². The maximum Gasteiger partial charge on any atom is 0.234 e. The molecule has 0 spiro atoms. The Kier molecular flexibility index (Phi) is 4.11. The summed E-state index contributed by atoms with van der Waals surface area (Å²) in [5.41, 5.74) is -0.537. The fraction of sp³-hybridized carbons (Fsp3) is 0.909. The molecule has 0 unspecified atom stereocenters. The molecule has 4 nitrogen and oxygen atoms in total. The Balaban J connectivity index is 2.27. The van der Waals surface area contributed by atoms with Crippen molar-refractivity contribution in [2.75, 3.05) is 19.6 Å². The number of aliphatic hydroxyl groups is 1. The summed E-state index contributed by atoms with van der Waals surface area (Å²) in [4.78, 5) is 13.6. The zero-order valence-corrected chi connectivity index (χ0v) is 9.92. The van der Waals surface area contributed by atoms with Gasteiger partial charge >= 0.3 is 0 Å². The normalized spacial score (nSPS) is 21.7. The van der Waals surface area contributed by atoms with Gasteiger partial charge in [-0.3, -0.25) is 9.69 Å². The van der Waals surface area contributed by atoms with Crippen molar-refractivity contribution in [1.29, 1.82) is 0 Å². The number of nitrogens with one attached hydrogen (secondary N) is 1. The summed E-state index contributed by atoms with van der Waals surface area (Å²) >= 11 is 0. The molecule has 0 aliphatic carbocycles. The molecule has 1 fully saturated rings. The van der Waals surface area contributed by atoms with E-state index in [1.165, 1.54) is 0 Å². The van der Waals surface area contributed by atoms with Crippen LogP contribution in [0.15, 0.2) is 0 Å². The molecule has 88 valence electrons. The lowest BCUT2D eigenvalue weighted by atomic mass is 9.94. The second kappa shape index (κ2) is 4.94. The van der Waals surface area contributed by atoms with Crippen LogP contribution in [0.25, 0.3) is 0 Å². The fourth-order valence-electron chi connectivity index (χ4n) is 1.76. The summed E-state index contributed by atoms with van der Waals surface area (Å²) in [5, 5.41) is 12.6. The SMILES string of the molecule is CC(C)NC(=O)CN1CCC(C)(O)CC1. The molecule has 1 rings (SSSR count). The maximum absolute atomic E-state index is 11.5. The molecule has 1 aliphatic heterocycles. The Hall–Kier alpha value is -0.610. The minimum atomic E-state index is -0.537. The molecule has 0 radical (unpaired) electrons. The van der Waals surface area contributed by atoms with Gasteiger partial charge < -0.3 is 10.4 Å². The van der Waals surface area contributed by atoms with Crippen molar-refractivity contribution in [3.63, 3.8) is 0 Å². The Labute approximate surface area is 91.6 Å². The molecule has 0 atom stereocenters. The van der Waals surface area contributed by atoms with Gasteiger partial charge in [0.05, 0.1) is 12.1 Å². The molecular formula is C11H22N2O2. The van der Waals surface area contributed by atoms with Crippen molar-refractivity contribution in [3.05, 3.63) is 0 Å². The third-order valence-electron chi connectivity index (χ3n) is 2.75. The Morgan fingerprint density at radius 2 is 2.00 bits per heavy atom. The summed E-state index contributed by atoms with van der Waals surface area (Å²) in [7, 11) is 0. The first kappa shape index (κ1) is 12.5. The van der Waals surface area contributed by atoms with Crippen LogP contribution in [-0.2, 0) is 4.79 Å². The fourth-order valence-corrected chi connectivity index (χ4v) is 1.76. The molecule has 1 amide bonds. The average molecular weight is 214 g/mol. The van der Waals surface area contributed by atoms with E-state index in [1.807, 2.05) is 20.8 Å². The van der Waals surface area contributed by atoms with Crippen LogP contribution >= 0.6 is 0 Å². The van der Waals surface area contributed by atoms with E-state index in [2.05, 4.69) is 10.2 Å². The first-order valence-electron chi connectivity index (χ1n) is 5.63. The number of amides is 1. The lowest BCUT2D eigenvalue weighted by Crippen LogP contribution is -2.47. The smallest absolute Gasteiger partial charge is 0.234 e. The number of carbonyl (C=O) groups excluding carboxylic acids is 1. The monoisotopic (exact) mass is 214 g/mol. The van der Waals surface area contributed by atoms with Crippen LogP contribution in [0, 0.1) is 0 Å². The van der Waals surface area contributed by atoms with Crippen molar-refractivity contribution in [2.24, 2.45) is 0 Å². The first-order valence-corrected chi connectivity index (χ1v) is 5.63. The minimum absolute atomic E-state index is 0.0755. The topological polar surface area (TPSA) is 52.6 Å². The van der Waals surface area contributed by atoms with Crippen molar-refractivity contribution < 1.29 is 9.90 Å². The number of hydrogen-bond acceptors (Lipinski definition) is 3. The van der Waals surface area contributed by atoms with E-state index in [4.69, 9.17) is 0 Å². The highest BCUT2D eigenvalue weighted by Gasteiger charge is 2.27. The van der Waals surface area contributed by atoms with Crippen molar-refractivity contribution in [2.45, 2.75) is 45.3 Å². The van der Waals surface area contributed by atoms with Gasteiger partial charge in [-0.1, -0.05) is 0 Å². The number of piperidine rings is 1. The lowest BCUT2D eigenvalue weighted by Gasteiger charge is -2.35.